The van der Waals surface area contributed by atoms with Gasteiger partial charge >= 0.3 is 5.97 Å². The first-order valence-electron chi connectivity index (χ1n) is 9.08. The second-order valence-corrected chi connectivity index (χ2v) is 7.12. The highest BCUT2D eigenvalue weighted by atomic mass is 32.2. The molecular formula is C20H19N5O5S. The Morgan fingerprint density at radius 2 is 2.06 bits per heavy atom. The highest BCUT2D eigenvalue weighted by Gasteiger charge is 2.16. The third-order valence-electron chi connectivity index (χ3n) is 3.98. The summed E-state index contributed by atoms with van der Waals surface area (Å²) in [5.41, 5.74) is 0.469. The molecule has 3 N–H and O–H groups in total. The first-order valence-corrected chi connectivity index (χ1v) is 10.1. The van der Waals surface area contributed by atoms with E-state index in [9.17, 15) is 14.4 Å². The number of carboxylic acid groups (broad SMARTS) is 1. The number of carboxylic acids is 1. The molecule has 0 atom stereocenters. The molecule has 10 nitrogen and oxygen atoms in total. The van der Waals surface area contributed by atoms with Gasteiger partial charge in [0.15, 0.2) is 16.7 Å². The number of furan rings is 1. The van der Waals surface area contributed by atoms with Crippen LogP contribution in [0.15, 0.2) is 64.9 Å². The number of benzene rings is 1. The third-order valence-corrected chi connectivity index (χ3v) is 4.95. The molecule has 0 aliphatic rings. The minimum absolute atomic E-state index is 0.0331. The van der Waals surface area contributed by atoms with Crippen molar-refractivity contribution in [2.24, 2.45) is 0 Å². The van der Waals surface area contributed by atoms with E-state index >= 15 is 0 Å². The molecule has 2 aromatic heterocycles. The van der Waals surface area contributed by atoms with Crippen molar-refractivity contribution in [1.82, 2.24) is 20.1 Å². The predicted octanol–water partition coefficient (Wildman–Crippen LogP) is 2.42. The molecule has 31 heavy (non-hydrogen) atoms. The van der Waals surface area contributed by atoms with Crippen LogP contribution in [0.1, 0.15) is 26.7 Å². The van der Waals surface area contributed by atoms with Gasteiger partial charge in [-0.1, -0.05) is 23.9 Å². The molecule has 0 saturated carbocycles. The van der Waals surface area contributed by atoms with Crippen LogP contribution in [0.3, 0.4) is 0 Å². The van der Waals surface area contributed by atoms with Gasteiger partial charge in [0, 0.05) is 12.2 Å². The van der Waals surface area contributed by atoms with Crippen molar-refractivity contribution >= 4 is 35.2 Å². The average molecular weight is 441 g/mol. The molecule has 3 aromatic rings. The van der Waals surface area contributed by atoms with E-state index in [0.29, 0.717) is 23.2 Å². The number of aromatic nitrogens is 3. The van der Waals surface area contributed by atoms with Crippen molar-refractivity contribution in [2.45, 2.75) is 18.2 Å². The van der Waals surface area contributed by atoms with Gasteiger partial charge in [-0.3, -0.25) is 9.59 Å². The monoisotopic (exact) mass is 441 g/mol. The summed E-state index contributed by atoms with van der Waals surface area (Å²) in [7, 11) is 0. The second-order valence-electron chi connectivity index (χ2n) is 6.18. The van der Waals surface area contributed by atoms with Crippen molar-refractivity contribution in [3.05, 3.63) is 72.5 Å². The molecule has 0 bridgehead atoms. The van der Waals surface area contributed by atoms with Crippen LogP contribution in [0.4, 0.5) is 5.69 Å². The molecule has 0 fully saturated rings. The lowest BCUT2D eigenvalue weighted by molar-refractivity contribution is -0.113. The minimum atomic E-state index is -1.07. The van der Waals surface area contributed by atoms with Crippen LogP contribution in [0.25, 0.3) is 0 Å². The van der Waals surface area contributed by atoms with Gasteiger partial charge in [0.25, 0.3) is 5.91 Å². The molecule has 0 saturated heterocycles. The lowest BCUT2D eigenvalue weighted by Gasteiger charge is -2.09. The van der Waals surface area contributed by atoms with E-state index in [1.54, 1.807) is 34.9 Å². The van der Waals surface area contributed by atoms with E-state index in [1.165, 1.54) is 18.4 Å². The zero-order valence-corrected chi connectivity index (χ0v) is 17.1. The summed E-state index contributed by atoms with van der Waals surface area (Å²) in [6, 6.07) is 9.15. The van der Waals surface area contributed by atoms with E-state index in [1.807, 2.05) is 0 Å². The lowest BCUT2D eigenvalue weighted by Crippen LogP contribution is -2.24. The maximum absolute atomic E-state index is 12.3. The molecule has 3 rings (SSSR count). The summed E-state index contributed by atoms with van der Waals surface area (Å²) in [5, 5.41) is 23.0. The van der Waals surface area contributed by atoms with Crippen LogP contribution in [0.5, 0.6) is 0 Å². The molecular weight excluding hydrogens is 422 g/mol. The smallest absolute Gasteiger partial charge is 0.335 e. The van der Waals surface area contributed by atoms with Crippen molar-refractivity contribution in [2.75, 3.05) is 11.1 Å². The zero-order chi connectivity index (χ0) is 22.2. The molecule has 2 heterocycles. The molecule has 0 unspecified atom stereocenters. The fourth-order valence-corrected chi connectivity index (χ4v) is 3.35. The summed E-state index contributed by atoms with van der Waals surface area (Å²) in [6.07, 6.45) is 3.07. The van der Waals surface area contributed by atoms with Crippen molar-refractivity contribution < 1.29 is 23.9 Å². The van der Waals surface area contributed by atoms with Crippen LogP contribution in [-0.4, -0.2) is 43.4 Å². The summed E-state index contributed by atoms with van der Waals surface area (Å²) >= 11 is 1.16. The molecule has 1 aromatic carbocycles. The summed E-state index contributed by atoms with van der Waals surface area (Å²) in [6.45, 7) is 4.22. The van der Waals surface area contributed by atoms with E-state index < -0.39 is 5.97 Å². The summed E-state index contributed by atoms with van der Waals surface area (Å²) in [4.78, 5) is 35.3. The molecule has 0 aliphatic heterocycles. The van der Waals surface area contributed by atoms with Crippen LogP contribution >= 0.6 is 11.8 Å². The van der Waals surface area contributed by atoms with E-state index in [2.05, 4.69) is 27.4 Å². The van der Waals surface area contributed by atoms with Crippen molar-refractivity contribution in [1.29, 1.82) is 0 Å². The highest BCUT2D eigenvalue weighted by molar-refractivity contribution is 7.99. The predicted molar refractivity (Wildman–Crippen MR) is 113 cm³/mol. The van der Waals surface area contributed by atoms with Crippen molar-refractivity contribution in [3.8, 4) is 0 Å². The second kappa shape index (κ2) is 10.3. The van der Waals surface area contributed by atoms with Gasteiger partial charge in [0.1, 0.15) is 0 Å². The number of rotatable bonds is 10. The number of allylic oxidation sites excluding steroid dienone is 1. The van der Waals surface area contributed by atoms with E-state index in [4.69, 9.17) is 9.52 Å². The summed E-state index contributed by atoms with van der Waals surface area (Å²) in [5.74, 6) is -1.06. The SMILES string of the molecule is C=CCn1c(CNC(=O)c2ccco2)nnc1SCC(=O)Nc1cccc(C(=O)O)c1. The largest absolute Gasteiger partial charge is 0.478 e. The quantitative estimate of drug-likeness (QED) is 0.322. The number of aromatic carboxylic acids is 1. The standard InChI is InChI=1S/C20H19N5O5S/c1-2-8-25-16(11-21-18(27)15-7-4-9-30-15)23-24-20(25)31-12-17(26)22-14-6-3-5-13(10-14)19(28)29/h2-7,9-10H,1,8,11-12H2,(H,21,27)(H,22,26)(H,28,29). The number of nitrogens with zero attached hydrogens (tertiary/aromatic N) is 3. The first-order chi connectivity index (χ1) is 15.0. The van der Waals surface area contributed by atoms with E-state index in [-0.39, 0.29) is 35.4 Å². The number of carbonyl (C=O) groups excluding carboxylic acids is 2. The number of thioether (sulfide) groups is 1. The van der Waals surface area contributed by atoms with Gasteiger partial charge in [-0.2, -0.15) is 0 Å². The minimum Gasteiger partial charge on any atom is -0.478 e. The van der Waals surface area contributed by atoms with Gasteiger partial charge in [0.2, 0.25) is 5.91 Å². The van der Waals surface area contributed by atoms with Crippen molar-refractivity contribution in [3.63, 3.8) is 0 Å². The fourth-order valence-electron chi connectivity index (χ4n) is 2.58. The number of hydrogen-bond donors (Lipinski definition) is 3. The van der Waals surface area contributed by atoms with Crippen LogP contribution < -0.4 is 10.6 Å². The molecule has 0 aliphatic carbocycles. The Balaban J connectivity index is 1.60. The highest BCUT2D eigenvalue weighted by Crippen LogP contribution is 2.18. The van der Waals surface area contributed by atoms with Gasteiger partial charge in [0.05, 0.1) is 24.1 Å². The van der Waals surface area contributed by atoms with Crippen LogP contribution in [0, 0.1) is 0 Å². The first kappa shape index (κ1) is 21.8. The van der Waals surface area contributed by atoms with Crippen LogP contribution in [0.2, 0.25) is 0 Å². The Kier molecular flexibility index (Phi) is 7.22. The number of hydrogen-bond acceptors (Lipinski definition) is 7. The third kappa shape index (κ3) is 5.82. The zero-order valence-electron chi connectivity index (χ0n) is 16.3. The Hall–Kier alpha value is -3.86. The Morgan fingerprint density at radius 3 is 2.77 bits per heavy atom. The maximum atomic E-state index is 12.3. The summed E-state index contributed by atoms with van der Waals surface area (Å²) < 4.78 is 6.78. The molecule has 0 radical (unpaired) electrons. The average Bonchev–Trinajstić information content (AvgIpc) is 3.42. The normalized spacial score (nSPS) is 10.5. The molecule has 2 amide bonds. The van der Waals surface area contributed by atoms with E-state index in [0.717, 1.165) is 11.8 Å². The topological polar surface area (TPSA) is 139 Å². The van der Waals surface area contributed by atoms with Gasteiger partial charge in [-0.15, -0.1) is 16.8 Å². The molecule has 11 heteroatoms. The number of nitrogens with one attached hydrogen (secondary N) is 2. The van der Waals surface area contributed by atoms with Gasteiger partial charge < -0.3 is 24.7 Å². The number of amides is 2. The maximum Gasteiger partial charge on any atom is 0.335 e. The van der Waals surface area contributed by atoms with Gasteiger partial charge in [-0.25, -0.2) is 4.79 Å². The number of carbonyl (C=O) groups is 3. The van der Waals surface area contributed by atoms with Crippen LogP contribution in [-0.2, 0) is 17.9 Å². The molecule has 0 spiro atoms. The fraction of sp³-hybridized carbons (Fsp3) is 0.150. The number of anilines is 1. The molecule has 160 valence electrons. The Morgan fingerprint density at radius 1 is 1.23 bits per heavy atom. The van der Waals surface area contributed by atoms with Gasteiger partial charge in [-0.05, 0) is 30.3 Å². The lowest BCUT2D eigenvalue weighted by atomic mass is 10.2. The Labute approximate surface area is 181 Å². The Bertz CT molecular complexity index is 1090.